The number of halogens is 18. The summed E-state index contributed by atoms with van der Waals surface area (Å²) in [5.74, 6) is -32.9. The second kappa shape index (κ2) is 9.01. The first-order valence-corrected chi connectivity index (χ1v) is 9.35. The smallest absolute Gasteiger partial charge is 0.205 e. The van der Waals surface area contributed by atoms with Crippen molar-refractivity contribution in [3.05, 3.63) is 0 Å². The van der Waals surface area contributed by atoms with E-state index >= 15 is 0 Å². The minimum absolute atomic E-state index is 0. The van der Waals surface area contributed by atoms with Crippen molar-refractivity contribution in [2.75, 3.05) is 0 Å². The van der Waals surface area contributed by atoms with E-state index < -0.39 is 70.7 Å². The minimum Gasteiger partial charge on any atom is -0.205 e. The van der Waals surface area contributed by atoms with Gasteiger partial charge in [-0.1, -0.05) is 4.13 Å². The first-order valence-electron chi connectivity index (χ1n) is 6.38. The van der Waals surface area contributed by atoms with Gasteiger partial charge < -0.3 is 0 Å². The molecule has 0 heterocycles. The number of sulfonamides is 2. The molecule has 0 aromatic rings. The van der Waals surface area contributed by atoms with E-state index in [4.69, 9.17) is 0 Å². The first kappa shape index (κ1) is 36.0. The van der Waals surface area contributed by atoms with Crippen LogP contribution in [0.15, 0.2) is 0 Å². The predicted molar refractivity (Wildman–Crippen MR) is 68.5 cm³/mol. The molecule has 0 amide bonds. The van der Waals surface area contributed by atoms with E-state index in [0.29, 0.717) is 0 Å². The number of hydrogen-bond donors (Lipinski definition) is 1. The zero-order chi connectivity index (χ0) is 27.7. The summed E-state index contributed by atoms with van der Waals surface area (Å²) in [5, 5.41) is -16.3. The van der Waals surface area contributed by atoms with Gasteiger partial charge in [-0.05, 0) is 0 Å². The summed E-state index contributed by atoms with van der Waals surface area (Å²) in [5.41, 5.74) is 0. The fourth-order valence-corrected chi connectivity index (χ4v) is 4.23. The zero-order valence-corrected chi connectivity index (χ0v) is 18.3. The molecule has 26 heteroatoms. The number of nitrogens with one attached hydrogen (secondary N) is 1. The Labute approximate surface area is 203 Å². The molecule has 0 saturated heterocycles. The molecule has 0 aromatic heterocycles. The first-order chi connectivity index (χ1) is 13.7. The number of hydrogen-bond acceptors (Lipinski definition) is 4. The summed E-state index contributed by atoms with van der Waals surface area (Å²) < 4.78 is 268. The van der Waals surface area contributed by atoms with Crippen LogP contribution in [0, 0.1) is 0 Å². The van der Waals surface area contributed by atoms with E-state index in [0.717, 1.165) is 0 Å². The van der Waals surface area contributed by atoms with Crippen LogP contribution in [0.25, 0.3) is 0 Å². The second-order valence-corrected chi connectivity index (χ2v) is 9.12. The van der Waals surface area contributed by atoms with E-state index in [1.165, 1.54) is 0 Å². The number of rotatable bonds is 8. The van der Waals surface area contributed by atoms with E-state index in [1.54, 1.807) is 0 Å². The van der Waals surface area contributed by atoms with Gasteiger partial charge in [-0.15, -0.1) is 0 Å². The normalized spacial score (nSPS) is 16.3. The maximum Gasteiger partial charge on any atom is 0.460 e. The fraction of sp³-hybridized carbons (Fsp3) is 1.00. The van der Waals surface area contributed by atoms with E-state index in [2.05, 4.69) is 0 Å². The molecule has 0 atom stereocenters. The average molecular weight is 621 g/mol. The van der Waals surface area contributed by atoms with Gasteiger partial charge in [0.05, 0.1) is 0 Å². The summed E-state index contributed by atoms with van der Waals surface area (Å²) in [6.07, 6.45) is -15.5. The van der Waals surface area contributed by atoms with Gasteiger partial charge in [0.15, 0.2) is 0 Å². The van der Waals surface area contributed by atoms with Crippen molar-refractivity contribution in [2.24, 2.45) is 0 Å². The maximum atomic E-state index is 13.2. The Morgan fingerprint density at radius 1 is 0.382 bits per heavy atom. The molecule has 0 saturated carbocycles. The Bertz CT molecular complexity index is 887. The Morgan fingerprint density at radius 3 is 0.706 bits per heavy atom. The molecule has 2 radical (unpaired) electrons. The standard InChI is InChI=1S/C8HF18NO4S2.Ca/c9-1(10,5(17,18)19)3(13,14)7(23,24)32(28,29)27-33(30,31)8(25,26)4(15,16)2(11,12)6(20,21)22;/h27H;. The van der Waals surface area contributed by atoms with Gasteiger partial charge in [-0.3, -0.25) is 0 Å². The van der Waals surface area contributed by atoms with Gasteiger partial charge >= 0.3 is 46.6 Å². The zero-order valence-electron chi connectivity index (χ0n) is 14.5. The molecule has 202 valence electrons. The summed E-state index contributed by atoms with van der Waals surface area (Å²) >= 11 is 0. The van der Waals surface area contributed by atoms with Gasteiger partial charge in [0.1, 0.15) is 0 Å². The molecule has 0 aliphatic carbocycles. The molecule has 34 heavy (non-hydrogen) atoms. The molecule has 0 bridgehead atoms. The Morgan fingerprint density at radius 2 is 0.559 bits per heavy atom. The molecular weight excluding hydrogens is 620 g/mol. The van der Waals surface area contributed by atoms with E-state index in [-0.39, 0.29) is 37.7 Å². The van der Waals surface area contributed by atoms with Crippen molar-refractivity contribution in [1.82, 2.24) is 4.13 Å². The van der Waals surface area contributed by atoms with Crippen molar-refractivity contribution >= 4 is 57.8 Å². The van der Waals surface area contributed by atoms with Crippen molar-refractivity contribution in [3.8, 4) is 0 Å². The van der Waals surface area contributed by atoms with Crippen molar-refractivity contribution < 1.29 is 95.9 Å². The van der Waals surface area contributed by atoms with E-state index in [9.17, 15) is 95.9 Å². The van der Waals surface area contributed by atoms with Crippen LogP contribution in [0.4, 0.5) is 79.0 Å². The van der Waals surface area contributed by atoms with Gasteiger partial charge in [-0.2, -0.15) is 79.0 Å². The second-order valence-electron chi connectivity index (χ2n) is 5.42. The van der Waals surface area contributed by atoms with Gasteiger partial charge in [0.2, 0.25) is 0 Å². The molecule has 0 aliphatic rings. The Hall–Kier alpha value is -0.140. The summed E-state index contributed by atoms with van der Waals surface area (Å²) in [4.78, 5) is 0. The SMILES string of the molecule is O=S(=O)(NS(=O)(=O)C(F)(F)C(F)(F)C(F)(F)C(F)(F)F)C(F)(F)C(F)(F)C(F)(F)C(F)(F)F.[Ca]. The molecule has 5 nitrogen and oxygen atoms in total. The van der Waals surface area contributed by atoms with Crippen LogP contribution in [-0.2, 0) is 20.0 Å². The summed E-state index contributed by atoms with van der Waals surface area (Å²) in [7, 11) is -17.4. The van der Waals surface area contributed by atoms with Gasteiger partial charge in [0.25, 0.3) is 20.0 Å². The molecule has 1 N–H and O–H groups in total. The Kier molecular flexibility index (Phi) is 9.54. The van der Waals surface area contributed by atoms with Crippen molar-refractivity contribution in [3.63, 3.8) is 0 Å². The van der Waals surface area contributed by atoms with Crippen molar-refractivity contribution in [2.45, 2.75) is 46.6 Å². The largest absolute Gasteiger partial charge is 0.460 e. The molecule has 0 aromatic carbocycles. The topological polar surface area (TPSA) is 80.3 Å². The third-order valence-corrected chi connectivity index (χ3v) is 6.74. The molecular formula is C8HCaF18NO4S2. The minimum atomic E-state index is -8.68. The van der Waals surface area contributed by atoms with Crippen molar-refractivity contribution in [1.29, 1.82) is 0 Å². The molecule has 0 fully saturated rings. The van der Waals surface area contributed by atoms with Crippen LogP contribution >= 0.6 is 0 Å². The average Bonchev–Trinajstić information content (AvgIpc) is 2.50. The van der Waals surface area contributed by atoms with Crippen LogP contribution < -0.4 is 4.13 Å². The van der Waals surface area contributed by atoms with Gasteiger partial charge in [-0.25, -0.2) is 16.8 Å². The number of alkyl halides is 18. The van der Waals surface area contributed by atoms with E-state index in [1.807, 2.05) is 0 Å². The summed E-state index contributed by atoms with van der Waals surface area (Å²) in [6, 6.07) is 0. The molecule has 0 rings (SSSR count). The van der Waals surface area contributed by atoms with Crippen LogP contribution in [0.1, 0.15) is 0 Å². The monoisotopic (exact) mass is 621 g/mol. The predicted octanol–water partition coefficient (Wildman–Crippen LogP) is 3.71. The third-order valence-electron chi connectivity index (χ3n) is 3.13. The molecule has 0 spiro atoms. The third kappa shape index (κ3) is 5.00. The molecule has 0 unspecified atom stereocenters. The van der Waals surface area contributed by atoms with Gasteiger partial charge in [0, 0.05) is 37.7 Å². The van der Waals surface area contributed by atoms with Crippen LogP contribution in [0.5, 0.6) is 0 Å². The summed E-state index contributed by atoms with van der Waals surface area (Å²) in [6.45, 7) is 0. The quantitative estimate of drug-likeness (QED) is 0.332. The molecule has 0 aliphatic heterocycles. The van der Waals surface area contributed by atoms with Crippen LogP contribution in [-0.4, -0.2) is 101 Å². The Balaban J connectivity index is 0. The fourth-order valence-electron chi connectivity index (χ4n) is 1.31. The maximum absolute atomic E-state index is 13.2. The van der Waals surface area contributed by atoms with Crippen LogP contribution in [0.3, 0.4) is 0 Å². The van der Waals surface area contributed by atoms with Crippen LogP contribution in [0.2, 0.25) is 0 Å².